The summed E-state index contributed by atoms with van der Waals surface area (Å²) in [6.07, 6.45) is 0. The Labute approximate surface area is 117 Å². The van der Waals surface area contributed by atoms with Gasteiger partial charge in [0, 0.05) is 12.6 Å². The van der Waals surface area contributed by atoms with Crippen LogP contribution in [0.5, 0.6) is 11.5 Å². The van der Waals surface area contributed by atoms with E-state index in [1.165, 1.54) is 12.1 Å². The van der Waals surface area contributed by atoms with Crippen molar-refractivity contribution in [3.8, 4) is 17.6 Å². The third-order valence-electron chi connectivity index (χ3n) is 3.19. The molecule has 0 aliphatic rings. The van der Waals surface area contributed by atoms with Crippen molar-refractivity contribution in [1.29, 1.82) is 5.26 Å². The van der Waals surface area contributed by atoms with Crippen molar-refractivity contribution in [2.75, 3.05) is 0 Å². The van der Waals surface area contributed by atoms with Crippen molar-refractivity contribution in [2.45, 2.75) is 19.5 Å². The van der Waals surface area contributed by atoms with E-state index in [9.17, 15) is 10.2 Å². The van der Waals surface area contributed by atoms with E-state index in [0.29, 0.717) is 12.1 Å². The molecule has 2 aromatic rings. The highest BCUT2D eigenvalue weighted by Crippen LogP contribution is 2.25. The molecule has 2 rings (SSSR count). The van der Waals surface area contributed by atoms with Crippen molar-refractivity contribution in [1.82, 2.24) is 5.32 Å². The normalized spacial score (nSPS) is 11.8. The number of hydrogen-bond acceptors (Lipinski definition) is 4. The van der Waals surface area contributed by atoms with Crippen LogP contribution < -0.4 is 5.32 Å². The van der Waals surface area contributed by atoms with E-state index in [1.807, 2.05) is 19.1 Å². The lowest BCUT2D eigenvalue weighted by Gasteiger charge is -2.14. The van der Waals surface area contributed by atoms with Gasteiger partial charge in [-0.2, -0.15) is 5.26 Å². The Morgan fingerprint density at radius 1 is 1.10 bits per heavy atom. The molecular formula is C16H16N2O2. The fraction of sp³-hybridized carbons (Fsp3) is 0.188. The molecule has 0 heterocycles. The van der Waals surface area contributed by atoms with E-state index >= 15 is 0 Å². The summed E-state index contributed by atoms with van der Waals surface area (Å²) in [6.45, 7) is 2.61. The van der Waals surface area contributed by atoms with E-state index in [2.05, 4.69) is 11.4 Å². The summed E-state index contributed by atoms with van der Waals surface area (Å²) in [7, 11) is 0. The van der Waals surface area contributed by atoms with Crippen LogP contribution in [0.1, 0.15) is 29.7 Å². The predicted octanol–water partition coefficient (Wildman–Crippen LogP) is 2.82. The average Bonchev–Trinajstić information content (AvgIpc) is 2.48. The van der Waals surface area contributed by atoms with E-state index in [1.54, 1.807) is 18.2 Å². The van der Waals surface area contributed by atoms with E-state index in [4.69, 9.17) is 5.26 Å². The summed E-state index contributed by atoms with van der Waals surface area (Å²) >= 11 is 0. The minimum absolute atomic E-state index is 0.115. The Hall–Kier alpha value is -2.51. The average molecular weight is 268 g/mol. The van der Waals surface area contributed by atoms with Crippen LogP contribution in [0, 0.1) is 11.3 Å². The molecule has 0 aromatic heterocycles. The number of phenolic OH excluding ortho intramolecular Hbond substituents is 2. The lowest BCUT2D eigenvalue weighted by Crippen LogP contribution is -2.17. The highest BCUT2D eigenvalue weighted by molar-refractivity contribution is 5.40. The summed E-state index contributed by atoms with van der Waals surface area (Å²) in [5.41, 5.74) is 2.62. The van der Waals surface area contributed by atoms with Crippen molar-refractivity contribution in [2.24, 2.45) is 0 Å². The minimum atomic E-state index is -0.117. The Morgan fingerprint density at radius 2 is 1.80 bits per heavy atom. The number of nitriles is 1. The first-order valence-electron chi connectivity index (χ1n) is 6.34. The Bertz CT molecular complexity index is 630. The van der Waals surface area contributed by atoms with Crippen LogP contribution in [0.3, 0.4) is 0 Å². The number of nitrogens with zero attached hydrogens (tertiary/aromatic N) is 1. The fourth-order valence-corrected chi connectivity index (χ4v) is 1.91. The van der Waals surface area contributed by atoms with Crippen molar-refractivity contribution >= 4 is 0 Å². The second-order valence-electron chi connectivity index (χ2n) is 4.66. The van der Waals surface area contributed by atoms with Crippen LogP contribution >= 0.6 is 0 Å². The van der Waals surface area contributed by atoms with Crippen LogP contribution in [0.2, 0.25) is 0 Å². The number of phenols is 2. The van der Waals surface area contributed by atoms with E-state index in [0.717, 1.165) is 11.1 Å². The van der Waals surface area contributed by atoms with E-state index < -0.39 is 0 Å². The molecule has 0 radical (unpaired) electrons. The van der Waals surface area contributed by atoms with Gasteiger partial charge in [-0.25, -0.2) is 0 Å². The van der Waals surface area contributed by atoms with Gasteiger partial charge in [0.25, 0.3) is 0 Å². The third-order valence-corrected chi connectivity index (χ3v) is 3.19. The summed E-state index contributed by atoms with van der Waals surface area (Å²) in [5, 5.41) is 30.8. The smallest absolute Gasteiger partial charge is 0.157 e. The first-order valence-corrected chi connectivity index (χ1v) is 6.34. The quantitative estimate of drug-likeness (QED) is 0.745. The topological polar surface area (TPSA) is 76.3 Å². The lowest BCUT2D eigenvalue weighted by molar-refractivity contribution is 0.402. The molecule has 0 saturated heterocycles. The Balaban J connectivity index is 1.99. The second-order valence-corrected chi connectivity index (χ2v) is 4.66. The molecule has 0 fully saturated rings. The maximum absolute atomic E-state index is 9.43. The maximum atomic E-state index is 9.43. The third kappa shape index (κ3) is 3.28. The number of hydrogen-bond donors (Lipinski definition) is 3. The standard InChI is InChI=1S/C16H16N2O2/c1-11(14-5-2-12(9-17)3-6-14)18-10-13-4-7-15(19)16(20)8-13/h2-8,11,18-20H,10H2,1H3. The van der Waals surface area contributed by atoms with Crippen LogP contribution in [-0.4, -0.2) is 10.2 Å². The largest absolute Gasteiger partial charge is 0.504 e. The summed E-state index contributed by atoms with van der Waals surface area (Å²) in [5.74, 6) is -0.232. The van der Waals surface area contributed by atoms with Crippen LogP contribution in [0.4, 0.5) is 0 Å². The molecule has 0 saturated carbocycles. The van der Waals surface area contributed by atoms with Crippen LogP contribution in [-0.2, 0) is 6.54 Å². The zero-order chi connectivity index (χ0) is 14.5. The highest BCUT2D eigenvalue weighted by atomic mass is 16.3. The van der Waals surface area contributed by atoms with Gasteiger partial charge in [0.05, 0.1) is 11.6 Å². The maximum Gasteiger partial charge on any atom is 0.157 e. The van der Waals surface area contributed by atoms with Crippen molar-refractivity contribution in [3.05, 3.63) is 59.2 Å². The van der Waals surface area contributed by atoms with Gasteiger partial charge >= 0.3 is 0 Å². The van der Waals surface area contributed by atoms with Crippen molar-refractivity contribution < 1.29 is 10.2 Å². The Morgan fingerprint density at radius 3 is 2.40 bits per heavy atom. The molecular weight excluding hydrogens is 252 g/mol. The molecule has 0 spiro atoms. The highest BCUT2D eigenvalue weighted by Gasteiger charge is 2.06. The number of nitrogens with one attached hydrogen (secondary N) is 1. The molecule has 102 valence electrons. The zero-order valence-electron chi connectivity index (χ0n) is 11.2. The first-order chi connectivity index (χ1) is 9.60. The second kappa shape index (κ2) is 6.09. The van der Waals surface area contributed by atoms with Gasteiger partial charge < -0.3 is 15.5 Å². The number of rotatable bonds is 4. The number of benzene rings is 2. The predicted molar refractivity (Wildman–Crippen MR) is 76.2 cm³/mol. The van der Waals surface area contributed by atoms with Gasteiger partial charge in [-0.1, -0.05) is 18.2 Å². The van der Waals surface area contributed by atoms with Gasteiger partial charge in [-0.15, -0.1) is 0 Å². The molecule has 0 bridgehead atoms. The van der Waals surface area contributed by atoms with Gasteiger partial charge in [0.15, 0.2) is 11.5 Å². The molecule has 0 amide bonds. The number of aromatic hydroxyl groups is 2. The SMILES string of the molecule is CC(NCc1ccc(O)c(O)c1)c1ccc(C#N)cc1. The molecule has 20 heavy (non-hydrogen) atoms. The molecule has 4 heteroatoms. The van der Waals surface area contributed by atoms with Crippen LogP contribution in [0.25, 0.3) is 0 Å². The van der Waals surface area contributed by atoms with Crippen LogP contribution in [0.15, 0.2) is 42.5 Å². The van der Waals surface area contributed by atoms with Gasteiger partial charge in [0.1, 0.15) is 0 Å². The summed E-state index contributed by atoms with van der Waals surface area (Å²) < 4.78 is 0. The molecule has 2 aromatic carbocycles. The monoisotopic (exact) mass is 268 g/mol. The molecule has 0 aliphatic heterocycles. The van der Waals surface area contributed by atoms with Crippen molar-refractivity contribution in [3.63, 3.8) is 0 Å². The summed E-state index contributed by atoms with van der Waals surface area (Å²) in [6, 6.07) is 14.4. The molecule has 1 atom stereocenters. The molecule has 1 unspecified atom stereocenters. The van der Waals surface area contributed by atoms with Gasteiger partial charge in [-0.05, 0) is 42.3 Å². The first kappa shape index (κ1) is 13.9. The fourth-order valence-electron chi connectivity index (χ4n) is 1.91. The zero-order valence-corrected chi connectivity index (χ0v) is 11.2. The lowest BCUT2D eigenvalue weighted by atomic mass is 10.1. The van der Waals surface area contributed by atoms with Gasteiger partial charge in [-0.3, -0.25) is 0 Å². The molecule has 4 nitrogen and oxygen atoms in total. The Kier molecular flexibility index (Phi) is 4.24. The van der Waals surface area contributed by atoms with Gasteiger partial charge in [0.2, 0.25) is 0 Å². The summed E-state index contributed by atoms with van der Waals surface area (Å²) in [4.78, 5) is 0. The minimum Gasteiger partial charge on any atom is -0.504 e. The molecule has 0 aliphatic carbocycles. The molecule has 3 N–H and O–H groups in total. The van der Waals surface area contributed by atoms with E-state index in [-0.39, 0.29) is 17.5 Å².